The molecule has 0 amide bonds. The van der Waals surface area contributed by atoms with Gasteiger partial charge in [0.25, 0.3) is 0 Å². The standard InChI is InChI=1S/C46H28S/c1-3-16-34-29(11-1)13-10-22-37(34)45-40-20-7-5-18-38(40)44(39-19-6-8-21-41(39)45)33-15-9-14-31(27-33)32-24-25-36-42-26-23-30-12-2-4-17-35(30)46(42)47-43(36)28-32/h1-28H. The molecule has 0 spiro atoms. The van der Waals surface area contributed by atoms with Gasteiger partial charge in [0.1, 0.15) is 0 Å². The van der Waals surface area contributed by atoms with E-state index in [1.807, 2.05) is 11.3 Å². The zero-order valence-corrected chi connectivity index (χ0v) is 26.4. The quantitative estimate of drug-likeness (QED) is 0.174. The molecule has 0 aliphatic rings. The lowest BCUT2D eigenvalue weighted by molar-refractivity contribution is 1.63. The Morgan fingerprint density at radius 1 is 0.298 bits per heavy atom. The van der Waals surface area contributed by atoms with Crippen LogP contribution in [0, 0.1) is 0 Å². The molecule has 0 saturated carbocycles. The first-order valence-corrected chi connectivity index (χ1v) is 17.0. The van der Waals surface area contributed by atoms with Crippen LogP contribution in [0.2, 0.25) is 0 Å². The molecule has 10 rings (SSSR count). The molecule has 0 nitrogen and oxygen atoms in total. The summed E-state index contributed by atoms with van der Waals surface area (Å²) in [7, 11) is 0. The van der Waals surface area contributed by atoms with E-state index in [1.165, 1.54) is 96.6 Å². The molecule has 0 fully saturated rings. The Morgan fingerprint density at radius 2 is 0.830 bits per heavy atom. The molecule has 1 aromatic heterocycles. The van der Waals surface area contributed by atoms with Crippen LogP contribution < -0.4 is 0 Å². The van der Waals surface area contributed by atoms with Crippen molar-refractivity contribution in [2.75, 3.05) is 0 Å². The molecule has 0 radical (unpaired) electrons. The van der Waals surface area contributed by atoms with Crippen molar-refractivity contribution in [3.63, 3.8) is 0 Å². The summed E-state index contributed by atoms with van der Waals surface area (Å²) in [6.07, 6.45) is 0. The highest BCUT2D eigenvalue weighted by Gasteiger charge is 2.18. The van der Waals surface area contributed by atoms with E-state index in [9.17, 15) is 0 Å². The van der Waals surface area contributed by atoms with E-state index in [0.29, 0.717) is 0 Å². The third kappa shape index (κ3) is 4.07. The molecule has 0 N–H and O–H groups in total. The largest absolute Gasteiger partial charge is 0.135 e. The van der Waals surface area contributed by atoms with Crippen molar-refractivity contribution in [3.8, 4) is 33.4 Å². The van der Waals surface area contributed by atoms with Crippen molar-refractivity contribution < 1.29 is 0 Å². The van der Waals surface area contributed by atoms with Crippen LogP contribution in [0.4, 0.5) is 0 Å². The summed E-state index contributed by atoms with van der Waals surface area (Å²) < 4.78 is 2.70. The lowest BCUT2D eigenvalue weighted by Crippen LogP contribution is -1.92. The van der Waals surface area contributed by atoms with E-state index < -0.39 is 0 Å². The second-order valence-electron chi connectivity index (χ2n) is 12.4. The van der Waals surface area contributed by atoms with Gasteiger partial charge in [0.15, 0.2) is 0 Å². The van der Waals surface area contributed by atoms with Crippen LogP contribution >= 0.6 is 11.3 Å². The molecule has 0 unspecified atom stereocenters. The predicted octanol–water partition coefficient (Wildman–Crippen LogP) is 13.7. The van der Waals surface area contributed by atoms with Crippen molar-refractivity contribution in [2.45, 2.75) is 0 Å². The van der Waals surface area contributed by atoms with E-state index in [0.717, 1.165) is 0 Å². The normalized spacial score (nSPS) is 11.8. The van der Waals surface area contributed by atoms with Gasteiger partial charge in [-0.05, 0) is 88.6 Å². The van der Waals surface area contributed by atoms with Crippen LogP contribution in [0.1, 0.15) is 0 Å². The Bertz CT molecular complexity index is 2790. The van der Waals surface area contributed by atoms with Crippen LogP contribution in [0.3, 0.4) is 0 Å². The van der Waals surface area contributed by atoms with Crippen molar-refractivity contribution in [1.29, 1.82) is 0 Å². The van der Waals surface area contributed by atoms with Crippen molar-refractivity contribution >= 4 is 74.6 Å². The maximum Gasteiger partial charge on any atom is 0.0433 e. The lowest BCUT2D eigenvalue weighted by atomic mass is 9.84. The van der Waals surface area contributed by atoms with Gasteiger partial charge < -0.3 is 0 Å². The summed E-state index contributed by atoms with van der Waals surface area (Å²) in [6, 6.07) is 62.7. The molecule has 1 heteroatoms. The number of benzene rings is 9. The van der Waals surface area contributed by atoms with E-state index in [1.54, 1.807) is 0 Å². The average molecular weight is 613 g/mol. The van der Waals surface area contributed by atoms with E-state index in [-0.39, 0.29) is 0 Å². The number of hydrogen-bond acceptors (Lipinski definition) is 1. The molecule has 218 valence electrons. The summed E-state index contributed by atoms with van der Waals surface area (Å²) in [5.74, 6) is 0. The summed E-state index contributed by atoms with van der Waals surface area (Å²) in [5, 5.41) is 13.0. The highest BCUT2D eigenvalue weighted by atomic mass is 32.1. The number of thiophene rings is 1. The zero-order chi connectivity index (χ0) is 30.9. The highest BCUT2D eigenvalue weighted by Crippen LogP contribution is 2.46. The Hall–Kier alpha value is -5.76. The van der Waals surface area contributed by atoms with Gasteiger partial charge in [0.05, 0.1) is 0 Å². The van der Waals surface area contributed by atoms with Crippen LogP contribution in [-0.4, -0.2) is 0 Å². The van der Waals surface area contributed by atoms with Crippen LogP contribution in [0.5, 0.6) is 0 Å². The molecule has 47 heavy (non-hydrogen) atoms. The Morgan fingerprint density at radius 3 is 1.57 bits per heavy atom. The summed E-state index contributed by atoms with van der Waals surface area (Å²) >= 11 is 1.90. The van der Waals surface area contributed by atoms with Crippen molar-refractivity contribution in [1.82, 2.24) is 0 Å². The molecule has 0 atom stereocenters. The molecular formula is C46H28S. The minimum atomic E-state index is 1.23. The zero-order valence-electron chi connectivity index (χ0n) is 25.6. The Kier molecular flexibility index (Phi) is 5.85. The molecule has 1 heterocycles. The van der Waals surface area contributed by atoms with E-state index in [4.69, 9.17) is 0 Å². The lowest BCUT2D eigenvalue weighted by Gasteiger charge is -2.19. The Balaban J connectivity index is 1.19. The van der Waals surface area contributed by atoms with Gasteiger partial charge in [0, 0.05) is 20.2 Å². The first kappa shape index (κ1) is 26.5. The number of fused-ring (bicyclic) bond motifs is 8. The molecule has 0 aliphatic carbocycles. The average Bonchev–Trinajstić information content (AvgIpc) is 3.52. The maximum absolute atomic E-state index is 2.38. The molecule has 0 bridgehead atoms. The fraction of sp³-hybridized carbons (Fsp3) is 0. The molecule has 0 saturated heterocycles. The molecular weight excluding hydrogens is 585 g/mol. The van der Waals surface area contributed by atoms with Crippen molar-refractivity contribution in [2.24, 2.45) is 0 Å². The van der Waals surface area contributed by atoms with Gasteiger partial charge in [-0.15, -0.1) is 11.3 Å². The minimum absolute atomic E-state index is 1.23. The molecule has 0 aliphatic heterocycles. The second-order valence-corrected chi connectivity index (χ2v) is 13.5. The summed E-state index contributed by atoms with van der Waals surface area (Å²) in [6.45, 7) is 0. The van der Waals surface area contributed by atoms with Gasteiger partial charge in [-0.1, -0.05) is 158 Å². The Labute approximate surface area is 276 Å². The van der Waals surface area contributed by atoms with Crippen LogP contribution in [0.15, 0.2) is 170 Å². The second kappa shape index (κ2) is 10.4. The summed E-state index contributed by atoms with van der Waals surface area (Å²) in [4.78, 5) is 0. The van der Waals surface area contributed by atoms with Crippen LogP contribution in [0.25, 0.3) is 96.6 Å². The third-order valence-electron chi connectivity index (χ3n) is 9.84. The fourth-order valence-electron chi connectivity index (χ4n) is 7.71. The fourth-order valence-corrected chi connectivity index (χ4v) is 8.99. The smallest absolute Gasteiger partial charge is 0.0433 e. The van der Waals surface area contributed by atoms with E-state index in [2.05, 4.69) is 170 Å². The van der Waals surface area contributed by atoms with E-state index >= 15 is 0 Å². The van der Waals surface area contributed by atoms with Gasteiger partial charge in [-0.25, -0.2) is 0 Å². The van der Waals surface area contributed by atoms with Crippen molar-refractivity contribution in [3.05, 3.63) is 170 Å². The van der Waals surface area contributed by atoms with Gasteiger partial charge in [0.2, 0.25) is 0 Å². The van der Waals surface area contributed by atoms with Crippen LogP contribution in [-0.2, 0) is 0 Å². The summed E-state index contributed by atoms with van der Waals surface area (Å²) in [5.41, 5.74) is 7.59. The van der Waals surface area contributed by atoms with Gasteiger partial charge >= 0.3 is 0 Å². The monoisotopic (exact) mass is 612 g/mol. The highest BCUT2D eigenvalue weighted by molar-refractivity contribution is 7.26. The molecule has 9 aromatic carbocycles. The minimum Gasteiger partial charge on any atom is -0.135 e. The SMILES string of the molecule is c1cc(-c2ccc3c(c2)sc2c4ccccc4ccc32)cc(-c2c3ccccc3c(-c3cccc4ccccc34)c3ccccc23)c1. The number of rotatable bonds is 3. The predicted molar refractivity (Wildman–Crippen MR) is 206 cm³/mol. The first-order chi connectivity index (χ1) is 23.3. The topological polar surface area (TPSA) is 0 Å². The van der Waals surface area contributed by atoms with Gasteiger partial charge in [-0.2, -0.15) is 0 Å². The van der Waals surface area contributed by atoms with Gasteiger partial charge in [-0.3, -0.25) is 0 Å². The maximum atomic E-state index is 2.38. The first-order valence-electron chi connectivity index (χ1n) is 16.2. The molecule has 10 aromatic rings. The number of hydrogen-bond donors (Lipinski definition) is 0. The third-order valence-corrected chi connectivity index (χ3v) is 11.0.